The standard InChI is InChI=1S/C12H26N4O2.HI/c1-6-14-10(17)12(3,4)8-15-11(13)16-9(2)7-18-5;/h9H,6-8H2,1-5H3,(H,14,17)(H3,13,15,16);1H. The Labute approximate surface area is 133 Å². The topological polar surface area (TPSA) is 88.7 Å². The van der Waals surface area contributed by atoms with Gasteiger partial charge in [-0.15, -0.1) is 24.0 Å². The zero-order chi connectivity index (χ0) is 14.2. The van der Waals surface area contributed by atoms with Gasteiger partial charge in [0, 0.05) is 19.7 Å². The van der Waals surface area contributed by atoms with Crippen molar-refractivity contribution in [2.24, 2.45) is 16.1 Å². The van der Waals surface area contributed by atoms with Crippen molar-refractivity contribution in [2.45, 2.75) is 33.7 Å². The molecule has 0 radical (unpaired) electrons. The van der Waals surface area contributed by atoms with E-state index in [1.54, 1.807) is 7.11 Å². The fourth-order valence-electron chi connectivity index (χ4n) is 1.34. The van der Waals surface area contributed by atoms with Crippen LogP contribution in [0.2, 0.25) is 0 Å². The first kappa shape index (κ1) is 20.7. The maximum absolute atomic E-state index is 11.7. The van der Waals surface area contributed by atoms with Gasteiger partial charge in [-0.25, -0.2) is 0 Å². The minimum absolute atomic E-state index is 0. The van der Waals surface area contributed by atoms with E-state index >= 15 is 0 Å². The number of methoxy groups -OCH3 is 1. The highest BCUT2D eigenvalue weighted by molar-refractivity contribution is 14.0. The molecule has 0 aliphatic heterocycles. The van der Waals surface area contributed by atoms with E-state index < -0.39 is 5.41 Å². The summed E-state index contributed by atoms with van der Waals surface area (Å²) in [5.74, 6) is 0.309. The minimum atomic E-state index is -0.563. The molecule has 1 unspecified atom stereocenters. The van der Waals surface area contributed by atoms with E-state index in [-0.39, 0.29) is 35.9 Å². The van der Waals surface area contributed by atoms with E-state index in [2.05, 4.69) is 15.6 Å². The van der Waals surface area contributed by atoms with Crippen molar-refractivity contribution >= 4 is 35.8 Å². The summed E-state index contributed by atoms with van der Waals surface area (Å²) in [6, 6.07) is 0.0892. The summed E-state index contributed by atoms with van der Waals surface area (Å²) in [7, 11) is 1.63. The number of hydrogen-bond donors (Lipinski definition) is 3. The van der Waals surface area contributed by atoms with Crippen LogP contribution >= 0.6 is 24.0 Å². The quantitative estimate of drug-likeness (QED) is 0.342. The fraction of sp³-hybridized carbons (Fsp3) is 0.833. The summed E-state index contributed by atoms with van der Waals surface area (Å²) in [5, 5.41) is 5.78. The van der Waals surface area contributed by atoms with E-state index in [9.17, 15) is 4.79 Å². The summed E-state index contributed by atoms with van der Waals surface area (Å²) in [5.41, 5.74) is 5.18. The number of nitrogens with two attached hydrogens (primary N) is 1. The normalized spacial score (nSPS) is 13.4. The van der Waals surface area contributed by atoms with Crippen LogP contribution in [0.5, 0.6) is 0 Å². The molecule has 19 heavy (non-hydrogen) atoms. The molecule has 7 heteroatoms. The smallest absolute Gasteiger partial charge is 0.227 e. The number of rotatable bonds is 7. The van der Waals surface area contributed by atoms with Crippen molar-refractivity contribution in [1.29, 1.82) is 0 Å². The molecule has 0 saturated carbocycles. The highest BCUT2D eigenvalue weighted by atomic mass is 127. The van der Waals surface area contributed by atoms with Crippen molar-refractivity contribution in [1.82, 2.24) is 10.6 Å². The van der Waals surface area contributed by atoms with Gasteiger partial charge in [-0.05, 0) is 27.7 Å². The first-order chi connectivity index (χ1) is 8.33. The van der Waals surface area contributed by atoms with Gasteiger partial charge in [0.05, 0.1) is 18.6 Å². The molecular formula is C12H27IN4O2. The Morgan fingerprint density at radius 2 is 2.05 bits per heavy atom. The number of amides is 1. The highest BCUT2D eigenvalue weighted by Gasteiger charge is 2.26. The van der Waals surface area contributed by atoms with Crippen LogP contribution in [0.4, 0.5) is 0 Å². The predicted octanol–water partition coefficient (Wildman–Crippen LogP) is 0.706. The third-order valence-electron chi connectivity index (χ3n) is 2.41. The lowest BCUT2D eigenvalue weighted by molar-refractivity contribution is -0.128. The van der Waals surface area contributed by atoms with Crippen molar-refractivity contribution < 1.29 is 9.53 Å². The number of hydrogen-bond acceptors (Lipinski definition) is 3. The molecule has 0 heterocycles. The first-order valence-corrected chi connectivity index (χ1v) is 6.17. The number of guanidine groups is 1. The molecule has 1 amide bonds. The molecule has 0 spiro atoms. The SMILES string of the molecule is CCNC(=O)C(C)(C)CN=C(N)NC(C)COC.I. The molecule has 4 N–H and O–H groups in total. The minimum Gasteiger partial charge on any atom is -0.383 e. The first-order valence-electron chi connectivity index (χ1n) is 6.17. The molecule has 0 aliphatic carbocycles. The van der Waals surface area contributed by atoms with Gasteiger partial charge in [-0.3, -0.25) is 9.79 Å². The molecule has 6 nitrogen and oxygen atoms in total. The lowest BCUT2D eigenvalue weighted by Crippen LogP contribution is -2.43. The number of nitrogens with one attached hydrogen (secondary N) is 2. The van der Waals surface area contributed by atoms with E-state index in [0.717, 1.165) is 0 Å². The Kier molecular flexibility index (Phi) is 11.2. The van der Waals surface area contributed by atoms with E-state index in [0.29, 0.717) is 25.7 Å². The average Bonchev–Trinajstić information content (AvgIpc) is 2.27. The molecule has 114 valence electrons. The summed E-state index contributed by atoms with van der Waals surface area (Å²) in [4.78, 5) is 15.9. The number of carbonyl (C=O) groups is 1. The molecular weight excluding hydrogens is 359 g/mol. The Morgan fingerprint density at radius 1 is 1.47 bits per heavy atom. The van der Waals surface area contributed by atoms with Crippen LogP contribution in [-0.2, 0) is 9.53 Å². The Balaban J connectivity index is 0. The zero-order valence-corrected chi connectivity index (χ0v) is 14.8. The van der Waals surface area contributed by atoms with Crippen LogP contribution < -0.4 is 16.4 Å². The van der Waals surface area contributed by atoms with E-state index in [4.69, 9.17) is 10.5 Å². The van der Waals surface area contributed by atoms with Crippen LogP contribution in [0.3, 0.4) is 0 Å². The van der Waals surface area contributed by atoms with Crippen molar-refractivity contribution in [2.75, 3.05) is 26.8 Å². The number of ether oxygens (including phenoxy) is 1. The number of aliphatic imine (C=N–C) groups is 1. The molecule has 0 aromatic carbocycles. The fourth-order valence-corrected chi connectivity index (χ4v) is 1.34. The molecule has 0 aliphatic rings. The molecule has 0 fully saturated rings. The Morgan fingerprint density at radius 3 is 2.53 bits per heavy atom. The van der Waals surface area contributed by atoms with Gasteiger partial charge in [0.15, 0.2) is 5.96 Å². The van der Waals surface area contributed by atoms with Crippen LogP contribution in [0.25, 0.3) is 0 Å². The lowest BCUT2D eigenvalue weighted by atomic mass is 9.92. The van der Waals surface area contributed by atoms with Crippen LogP contribution in [0, 0.1) is 5.41 Å². The molecule has 0 saturated heterocycles. The lowest BCUT2D eigenvalue weighted by Gasteiger charge is -2.21. The predicted molar refractivity (Wildman–Crippen MR) is 88.8 cm³/mol. The molecule has 0 aromatic rings. The summed E-state index contributed by atoms with van der Waals surface area (Å²) >= 11 is 0. The maximum Gasteiger partial charge on any atom is 0.227 e. The van der Waals surface area contributed by atoms with Crippen molar-refractivity contribution in [3.8, 4) is 0 Å². The second-order valence-electron chi connectivity index (χ2n) is 4.95. The third-order valence-corrected chi connectivity index (χ3v) is 2.41. The van der Waals surface area contributed by atoms with Crippen LogP contribution in [0.1, 0.15) is 27.7 Å². The van der Waals surface area contributed by atoms with E-state index in [1.165, 1.54) is 0 Å². The second-order valence-corrected chi connectivity index (χ2v) is 4.95. The highest BCUT2D eigenvalue weighted by Crippen LogP contribution is 2.15. The average molecular weight is 386 g/mol. The van der Waals surface area contributed by atoms with Crippen molar-refractivity contribution in [3.05, 3.63) is 0 Å². The van der Waals surface area contributed by atoms with Gasteiger partial charge in [-0.2, -0.15) is 0 Å². The van der Waals surface area contributed by atoms with Crippen molar-refractivity contribution in [3.63, 3.8) is 0 Å². The zero-order valence-electron chi connectivity index (χ0n) is 12.4. The summed E-state index contributed by atoms with van der Waals surface area (Å²) < 4.78 is 4.98. The van der Waals surface area contributed by atoms with Gasteiger partial charge in [0.1, 0.15) is 0 Å². The van der Waals surface area contributed by atoms with Gasteiger partial charge in [-0.1, -0.05) is 0 Å². The van der Waals surface area contributed by atoms with E-state index in [1.807, 2.05) is 27.7 Å². The number of nitrogens with zero attached hydrogens (tertiary/aromatic N) is 1. The van der Waals surface area contributed by atoms with Crippen LogP contribution in [-0.4, -0.2) is 44.7 Å². The summed E-state index contributed by atoms with van der Waals surface area (Å²) in [6.45, 7) is 9.03. The van der Waals surface area contributed by atoms with Gasteiger partial charge < -0.3 is 21.1 Å². The summed E-state index contributed by atoms with van der Waals surface area (Å²) in [6.07, 6.45) is 0. The second kappa shape index (κ2) is 10.2. The third kappa shape index (κ3) is 9.04. The number of carbonyl (C=O) groups excluding carboxylic acids is 1. The maximum atomic E-state index is 11.7. The molecule has 0 aromatic heterocycles. The number of halogens is 1. The van der Waals surface area contributed by atoms with Gasteiger partial charge in [0.2, 0.25) is 5.91 Å². The Hall–Kier alpha value is -0.570. The van der Waals surface area contributed by atoms with Gasteiger partial charge >= 0.3 is 0 Å². The molecule has 1 atom stereocenters. The Bertz CT molecular complexity index is 295. The van der Waals surface area contributed by atoms with Gasteiger partial charge in [0.25, 0.3) is 0 Å². The molecule has 0 bridgehead atoms. The molecule has 0 rings (SSSR count). The largest absolute Gasteiger partial charge is 0.383 e. The van der Waals surface area contributed by atoms with Crippen LogP contribution in [0.15, 0.2) is 4.99 Å². The monoisotopic (exact) mass is 386 g/mol.